The van der Waals surface area contributed by atoms with Gasteiger partial charge in [-0.2, -0.15) is 5.26 Å². The first-order valence-electron chi connectivity index (χ1n) is 7.49. The number of aromatic nitrogens is 2. The molecule has 1 aromatic heterocycles. The van der Waals surface area contributed by atoms with E-state index >= 15 is 0 Å². The monoisotopic (exact) mass is 333 g/mol. The molecule has 6 nitrogen and oxygen atoms in total. The zero-order chi connectivity index (χ0) is 17.8. The number of ether oxygens (including phenoxy) is 2. The van der Waals surface area contributed by atoms with Crippen molar-refractivity contribution in [3.8, 4) is 17.6 Å². The van der Waals surface area contributed by atoms with Crippen molar-refractivity contribution in [3.63, 3.8) is 0 Å². The number of aromatic amines is 1. The minimum atomic E-state index is -0.328. The number of H-pyrrole nitrogens is 1. The third-order valence-corrected chi connectivity index (χ3v) is 3.69. The number of hydrogen-bond donors (Lipinski definition) is 1. The van der Waals surface area contributed by atoms with Crippen LogP contribution in [-0.4, -0.2) is 24.2 Å². The Balaban J connectivity index is 2.11. The van der Waals surface area contributed by atoms with Gasteiger partial charge in [0.05, 0.1) is 30.7 Å². The Kier molecular flexibility index (Phi) is 4.48. The van der Waals surface area contributed by atoms with Crippen LogP contribution < -0.4 is 15.0 Å². The molecule has 0 unspecified atom stereocenters. The molecule has 2 aromatic carbocycles. The lowest BCUT2D eigenvalue weighted by Gasteiger charge is -2.05. The van der Waals surface area contributed by atoms with Crippen LogP contribution in [0.2, 0.25) is 0 Å². The Bertz CT molecular complexity index is 1060. The number of nitriles is 1. The van der Waals surface area contributed by atoms with Crippen molar-refractivity contribution in [2.45, 2.75) is 0 Å². The molecule has 0 aliphatic heterocycles. The Morgan fingerprint density at radius 2 is 1.92 bits per heavy atom. The number of nitrogens with zero attached hydrogens (tertiary/aromatic N) is 2. The standard InChI is InChI=1S/C19H15N3O3/c1-24-14-5-3-4-12(9-14)8-13(11-20)18-21-17-7-6-15(25-2)10-16(17)19(23)22-18/h3-10H,1-2H3,(H,21,22,23). The number of allylic oxidation sites excluding steroid dienone is 1. The van der Waals surface area contributed by atoms with Crippen LogP contribution in [0.4, 0.5) is 0 Å². The van der Waals surface area contributed by atoms with Crippen molar-refractivity contribution in [2.24, 2.45) is 0 Å². The summed E-state index contributed by atoms with van der Waals surface area (Å²) in [6.07, 6.45) is 1.65. The SMILES string of the molecule is COc1cccc(C=C(C#N)c2nc3ccc(OC)cc3c(=O)[nH]2)c1. The minimum Gasteiger partial charge on any atom is -0.497 e. The molecular weight excluding hydrogens is 318 g/mol. The highest BCUT2D eigenvalue weighted by molar-refractivity contribution is 5.89. The normalized spacial score (nSPS) is 11.2. The first kappa shape index (κ1) is 16.3. The van der Waals surface area contributed by atoms with Gasteiger partial charge in [0.15, 0.2) is 5.82 Å². The van der Waals surface area contributed by atoms with Crippen molar-refractivity contribution >= 4 is 22.6 Å². The van der Waals surface area contributed by atoms with E-state index in [-0.39, 0.29) is 17.0 Å². The summed E-state index contributed by atoms with van der Waals surface area (Å²) in [6.45, 7) is 0. The van der Waals surface area contributed by atoms with Crippen LogP contribution in [0, 0.1) is 11.3 Å². The van der Waals surface area contributed by atoms with E-state index in [4.69, 9.17) is 9.47 Å². The highest BCUT2D eigenvalue weighted by Gasteiger charge is 2.09. The largest absolute Gasteiger partial charge is 0.497 e. The fourth-order valence-electron chi connectivity index (χ4n) is 2.42. The van der Waals surface area contributed by atoms with E-state index in [1.807, 2.05) is 18.2 Å². The molecule has 0 bridgehead atoms. The molecule has 0 spiro atoms. The summed E-state index contributed by atoms with van der Waals surface area (Å²) in [6, 6.07) is 14.4. The average molecular weight is 333 g/mol. The lowest BCUT2D eigenvalue weighted by molar-refractivity contribution is 0.414. The van der Waals surface area contributed by atoms with Crippen molar-refractivity contribution in [2.75, 3.05) is 14.2 Å². The molecule has 3 aromatic rings. The van der Waals surface area contributed by atoms with Crippen LogP contribution in [0.3, 0.4) is 0 Å². The van der Waals surface area contributed by atoms with E-state index in [9.17, 15) is 10.1 Å². The summed E-state index contributed by atoms with van der Waals surface area (Å²) in [5.41, 5.74) is 1.19. The van der Waals surface area contributed by atoms with Crippen molar-refractivity contribution < 1.29 is 9.47 Å². The van der Waals surface area contributed by atoms with Crippen LogP contribution in [0.15, 0.2) is 47.3 Å². The van der Waals surface area contributed by atoms with E-state index in [0.717, 1.165) is 5.56 Å². The second-order valence-corrected chi connectivity index (χ2v) is 5.24. The van der Waals surface area contributed by atoms with E-state index in [2.05, 4.69) is 16.0 Å². The maximum Gasteiger partial charge on any atom is 0.259 e. The van der Waals surface area contributed by atoms with Crippen LogP contribution in [0.25, 0.3) is 22.6 Å². The fraction of sp³-hybridized carbons (Fsp3) is 0.105. The average Bonchev–Trinajstić information content (AvgIpc) is 2.66. The van der Waals surface area contributed by atoms with E-state index in [0.29, 0.717) is 22.4 Å². The van der Waals surface area contributed by atoms with Gasteiger partial charge in [0, 0.05) is 0 Å². The lowest BCUT2D eigenvalue weighted by atomic mass is 10.1. The number of benzene rings is 2. The summed E-state index contributed by atoms with van der Waals surface area (Å²) in [5.74, 6) is 1.46. The predicted molar refractivity (Wildman–Crippen MR) is 95.4 cm³/mol. The topological polar surface area (TPSA) is 88.0 Å². The fourth-order valence-corrected chi connectivity index (χ4v) is 2.42. The van der Waals surface area contributed by atoms with Crippen molar-refractivity contribution in [1.82, 2.24) is 9.97 Å². The van der Waals surface area contributed by atoms with Gasteiger partial charge in [0.2, 0.25) is 0 Å². The van der Waals surface area contributed by atoms with Crippen molar-refractivity contribution in [3.05, 3.63) is 64.2 Å². The van der Waals surface area contributed by atoms with Gasteiger partial charge in [-0.3, -0.25) is 4.79 Å². The van der Waals surface area contributed by atoms with Gasteiger partial charge in [0.1, 0.15) is 17.6 Å². The zero-order valence-electron chi connectivity index (χ0n) is 13.7. The summed E-state index contributed by atoms with van der Waals surface area (Å²) in [4.78, 5) is 19.4. The van der Waals surface area contributed by atoms with Crippen LogP contribution in [0.5, 0.6) is 11.5 Å². The zero-order valence-corrected chi connectivity index (χ0v) is 13.7. The molecule has 124 valence electrons. The van der Waals surface area contributed by atoms with Gasteiger partial charge in [-0.05, 0) is 42.0 Å². The van der Waals surface area contributed by atoms with E-state index < -0.39 is 0 Å². The van der Waals surface area contributed by atoms with Crippen molar-refractivity contribution in [1.29, 1.82) is 5.26 Å². The highest BCUT2D eigenvalue weighted by atomic mass is 16.5. The molecule has 0 aliphatic rings. The summed E-state index contributed by atoms with van der Waals surface area (Å²) >= 11 is 0. The molecule has 0 atom stereocenters. The summed E-state index contributed by atoms with van der Waals surface area (Å²) in [7, 11) is 3.10. The van der Waals surface area contributed by atoms with Crippen LogP contribution >= 0.6 is 0 Å². The minimum absolute atomic E-state index is 0.216. The number of hydrogen-bond acceptors (Lipinski definition) is 5. The number of rotatable bonds is 4. The van der Waals surface area contributed by atoms with Gasteiger partial charge < -0.3 is 14.5 Å². The Morgan fingerprint density at radius 3 is 2.64 bits per heavy atom. The molecule has 1 heterocycles. The molecule has 0 aliphatic carbocycles. The second-order valence-electron chi connectivity index (χ2n) is 5.24. The summed E-state index contributed by atoms with van der Waals surface area (Å²) < 4.78 is 10.3. The van der Waals surface area contributed by atoms with Gasteiger partial charge in [-0.25, -0.2) is 4.98 Å². The molecule has 0 amide bonds. The number of nitrogens with one attached hydrogen (secondary N) is 1. The van der Waals surface area contributed by atoms with Crippen LogP contribution in [0.1, 0.15) is 11.4 Å². The number of methoxy groups -OCH3 is 2. The van der Waals surface area contributed by atoms with Crippen LogP contribution in [-0.2, 0) is 0 Å². The van der Waals surface area contributed by atoms with Gasteiger partial charge in [-0.15, -0.1) is 0 Å². The van der Waals surface area contributed by atoms with E-state index in [1.165, 1.54) is 7.11 Å². The third kappa shape index (κ3) is 3.35. The Hall–Kier alpha value is -3.59. The molecule has 0 saturated carbocycles. The quantitative estimate of drug-likeness (QED) is 0.742. The van der Waals surface area contributed by atoms with Gasteiger partial charge >= 0.3 is 0 Å². The maximum absolute atomic E-state index is 12.3. The predicted octanol–water partition coefficient (Wildman–Crippen LogP) is 3.00. The maximum atomic E-state index is 12.3. The molecular formula is C19H15N3O3. The molecule has 1 N–H and O–H groups in total. The molecule has 6 heteroatoms. The van der Waals surface area contributed by atoms with Gasteiger partial charge in [0.25, 0.3) is 5.56 Å². The molecule has 0 radical (unpaired) electrons. The summed E-state index contributed by atoms with van der Waals surface area (Å²) in [5, 5.41) is 9.89. The van der Waals surface area contributed by atoms with Gasteiger partial charge in [-0.1, -0.05) is 12.1 Å². The highest BCUT2D eigenvalue weighted by Crippen LogP contribution is 2.20. The smallest absolute Gasteiger partial charge is 0.259 e. The molecule has 0 fully saturated rings. The lowest BCUT2D eigenvalue weighted by Crippen LogP contribution is -2.11. The first-order chi connectivity index (χ1) is 12.1. The first-order valence-corrected chi connectivity index (χ1v) is 7.49. The molecule has 3 rings (SSSR count). The number of fused-ring (bicyclic) bond motifs is 1. The third-order valence-electron chi connectivity index (χ3n) is 3.69. The molecule has 0 saturated heterocycles. The van der Waals surface area contributed by atoms with E-state index in [1.54, 1.807) is 37.5 Å². The molecule has 25 heavy (non-hydrogen) atoms. The Morgan fingerprint density at radius 1 is 1.16 bits per heavy atom. The second kappa shape index (κ2) is 6.89. The Labute approximate surface area is 144 Å².